The fraction of sp³-hybridized carbons (Fsp3) is 0.889. The number of alkyl halides is 2. The van der Waals surface area contributed by atoms with Crippen LogP contribution in [0.25, 0.3) is 0 Å². The Morgan fingerprint density at radius 1 is 1.35 bits per heavy atom. The third kappa shape index (κ3) is 4.19. The van der Waals surface area contributed by atoms with Gasteiger partial charge in [-0.3, -0.25) is 9.35 Å². The van der Waals surface area contributed by atoms with Gasteiger partial charge in [-0.15, -0.1) is 0 Å². The molecule has 5 nitrogen and oxygen atoms in total. The quantitative estimate of drug-likeness (QED) is 0.607. The van der Waals surface area contributed by atoms with Crippen LogP contribution in [0.5, 0.6) is 0 Å². The average molecular weight is 272 g/mol. The molecule has 1 aliphatic carbocycles. The Morgan fingerprint density at radius 3 is 2.35 bits per heavy atom. The first-order valence-electron chi connectivity index (χ1n) is 5.23. The molecule has 1 aliphatic rings. The zero-order valence-electron chi connectivity index (χ0n) is 9.06. The standard InChI is InChI=1S/C9H14F2O5S/c10-9(11,17(13,14)15)6-16-8(12)5-7-3-1-2-4-7/h7H,1-6H2,(H,13,14,15). The smallest absolute Gasteiger partial charge is 0.402 e. The molecule has 17 heavy (non-hydrogen) atoms. The van der Waals surface area contributed by atoms with Crippen molar-refractivity contribution in [3.63, 3.8) is 0 Å². The molecule has 1 saturated carbocycles. The molecule has 0 bridgehead atoms. The van der Waals surface area contributed by atoms with Gasteiger partial charge in [0.1, 0.15) is 0 Å². The molecule has 0 unspecified atom stereocenters. The van der Waals surface area contributed by atoms with Crippen LogP contribution >= 0.6 is 0 Å². The van der Waals surface area contributed by atoms with E-state index in [1.54, 1.807) is 0 Å². The Kier molecular flexibility index (Phi) is 4.42. The molecule has 0 aromatic heterocycles. The fourth-order valence-electron chi connectivity index (χ4n) is 1.75. The summed E-state index contributed by atoms with van der Waals surface area (Å²) in [5.74, 6) is -0.734. The lowest BCUT2D eigenvalue weighted by Crippen LogP contribution is -2.34. The molecule has 0 saturated heterocycles. The van der Waals surface area contributed by atoms with E-state index < -0.39 is 27.9 Å². The predicted molar refractivity (Wildman–Crippen MR) is 54.0 cm³/mol. The molecule has 0 aliphatic heterocycles. The van der Waals surface area contributed by atoms with Gasteiger partial charge in [0.25, 0.3) is 0 Å². The van der Waals surface area contributed by atoms with Crippen LogP contribution in [0.2, 0.25) is 0 Å². The van der Waals surface area contributed by atoms with Gasteiger partial charge in [-0.1, -0.05) is 12.8 Å². The van der Waals surface area contributed by atoms with Gasteiger partial charge in [0.2, 0.25) is 0 Å². The predicted octanol–water partition coefficient (Wildman–Crippen LogP) is 1.59. The SMILES string of the molecule is O=C(CC1CCCC1)OCC(F)(F)S(=O)(=O)O. The van der Waals surface area contributed by atoms with Crippen LogP contribution in [0.1, 0.15) is 32.1 Å². The Labute approximate surface area is 97.9 Å². The van der Waals surface area contributed by atoms with E-state index in [1.807, 2.05) is 0 Å². The Morgan fingerprint density at radius 2 is 1.88 bits per heavy atom. The lowest BCUT2D eigenvalue weighted by molar-refractivity contribution is -0.150. The van der Waals surface area contributed by atoms with Crippen LogP contribution < -0.4 is 0 Å². The number of carbonyl (C=O) groups is 1. The summed E-state index contributed by atoms with van der Waals surface area (Å²) in [4.78, 5) is 11.1. The van der Waals surface area contributed by atoms with Crippen LogP contribution in [0, 0.1) is 5.92 Å². The van der Waals surface area contributed by atoms with Crippen molar-refractivity contribution in [1.29, 1.82) is 0 Å². The van der Waals surface area contributed by atoms with E-state index in [2.05, 4.69) is 4.74 Å². The molecule has 0 radical (unpaired) electrons. The van der Waals surface area contributed by atoms with Crippen molar-refractivity contribution in [2.75, 3.05) is 6.61 Å². The van der Waals surface area contributed by atoms with Crippen molar-refractivity contribution in [1.82, 2.24) is 0 Å². The monoisotopic (exact) mass is 272 g/mol. The van der Waals surface area contributed by atoms with Gasteiger partial charge in [-0.25, -0.2) is 0 Å². The van der Waals surface area contributed by atoms with Crippen molar-refractivity contribution in [3.8, 4) is 0 Å². The number of esters is 1. The summed E-state index contributed by atoms with van der Waals surface area (Å²) in [5.41, 5.74) is 0. The van der Waals surface area contributed by atoms with Crippen LogP contribution in [0.15, 0.2) is 0 Å². The van der Waals surface area contributed by atoms with Gasteiger partial charge in [-0.05, 0) is 18.8 Å². The van der Waals surface area contributed by atoms with E-state index in [4.69, 9.17) is 4.55 Å². The number of halogens is 2. The summed E-state index contributed by atoms with van der Waals surface area (Å²) in [7, 11) is -5.54. The summed E-state index contributed by atoms with van der Waals surface area (Å²) >= 11 is 0. The van der Waals surface area contributed by atoms with Crippen molar-refractivity contribution in [2.24, 2.45) is 5.92 Å². The normalized spacial score (nSPS) is 18.3. The largest absolute Gasteiger partial charge is 0.458 e. The van der Waals surface area contributed by atoms with Gasteiger partial charge >= 0.3 is 21.3 Å². The van der Waals surface area contributed by atoms with Crippen molar-refractivity contribution in [2.45, 2.75) is 37.4 Å². The van der Waals surface area contributed by atoms with Gasteiger partial charge in [0.15, 0.2) is 6.61 Å². The molecular formula is C9H14F2O5S. The zero-order valence-corrected chi connectivity index (χ0v) is 9.88. The highest BCUT2D eigenvalue weighted by Gasteiger charge is 2.45. The number of carbonyl (C=O) groups excluding carboxylic acids is 1. The second-order valence-electron chi connectivity index (χ2n) is 4.13. The third-order valence-corrected chi connectivity index (χ3v) is 3.58. The lowest BCUT2D eigenvalue weighted by atomic mass is 10.1. The summed E-state index contributed by atoms with van der Waals surface area (Å²) in [6.07, 6.45) is 3.72. The van der Waals surface area contributed by atoms with Crippen LogP contribution in [0.3, 0.4) is 0 Å². The van der Waals surface area contributed by atoms with Crippen molar-refractivity contribution >= 4 is 16.1 Å². The van der Waals surface area contributed by atoms with Crippen LogP contribution in [-0.2, 0) is 19.6 Å². The van der Waals surface area contributed by atoms with E-state index in [-0.39, 0.29) is 12.3 Å². The molecule has 1 N–H and O–H groups in total. The topological polar surface area (TPSA) is 80.7 Å². The maximum atomic E-state index is 12.7. The number of ether oxygens (including phenoxy) is 1. The van der Waals surface area contributed by atoms with Gasteiger partial charge < -0.3 is 4.74 Å². The van der Waals surface area contributed by atoms with Crippen molar-refractivity contribution < 1.29 is 31.3 Å². The number of hydrogen-bond acceptors (Lipinski definition) is 4. The summed E-state index contributed by atoms with van der Waals surface area (Å²) in [6, 6.07) is 0. The minimum atomic E-state index is -5.54. The molecule has 1 rings (SSSR count). The molecule has 0 atom stereocenters. The Hall–Kier alpha value is -0.760. The second-order valence-corrected chi connectivity index (χ2v) is 5.68. The first kappa shape index (κ1) is 14.3. The van der Waals surface area contributed by atoms with Gasteiger partial charge in [-0.2, -0.15) is 17.2 Å². The Balaban J connectivity index is 2.37. The minimum Gasteiger partial charge on any atom is -0.458 e. The third-order valence-electron chi connectivity index (χ3n) is 2.71. The van der Waals surface area contributed by atoms with E-state index >= 15 is 0 Å². The molecular weight excluding hydrogens is 258 g/mol. The summed E-state index contributed by atoms with van der Waals surface area (Å²) < 4.78 is 58.2. The highest BCUT2D eigenvalue weighted by atomic mass is 32.2. The molecule has 8 heteroatoms. The highest BCUT2D eigenvalue weighted by Crippen LogP contribution is 2.28. The molecule has 0 spiro atoms. The van der Waals surface area contributed by atoms with Crippen LogP contribution in [0.4, 0.5) is 8.78 Å². The first-order chi connectivity index (χ1) is 7.72. The van der Waals surface area contributed by atoms with E-state index in [0.29, 0.717) is 0 Å². The number of rotatable bonds is 5. The van der Waals surface area contributed by atoms with Crippen molar-refractivity contribution in [3.05, 3.63) is 0 Å². The molecule has 0 aromatic carbocycles. The number of hydrogen-bond donors (Lipinski definition) is 1. The molecule has 1 fully saturated rings. The molecule has 0 amide bonds. The summed E-state index contributed by atoms with van der Waals surface area (Å²) in [5, 5.41) is -4.45. The van der Waals surface area contributed by atoms with Gasteiger partial charge in [0.05, 0.1) is 0 Å². The van der Waals surface area contributed by atoms with E-state index in [0.717, 1.165) is 25.7 Å². The first-order valence-corrected chi connectivity index (χ1v) is 6.67. The second kappa shape index (κ2) is 5.26. The van der Waals surface area contributed by atoms with Gasteiger partial charge in [0, 0.05) is 6.42 Å². The highest BCUT2D eigenvalue weighted by molar-refractivity contribution is 7.86. The maximum absolute atomic E-state index is 12.7. The molecule has 0 aromatic rings. The van der Waals surface area contributed by atoms with E-state index in [1.165, 1.54) is 0 Å². The summed E-state index contributed by atoms with van der Waals surface area (Å²) in [6.45, 7) is -1.64. The Bertz CT molecular complexity index is 373. The minimum absolute atomic E-state index is 0.0154. The average Bonchev–Trinajstić information content (AvgIpc) is 2.66. The lowest BCUT2D eigenvalue weighted by Gasteiger charge is -2.14. The van der Waals surface area contributed by atoms with Crippen LogP contribution in [-0.4, -0.2) is 30.8 Å². The molecule has 0 heterocycles. The zero-order chi connectivity index (χ0) is 13.1. The maximum Gasteiger partial charge on any atom is 0.402 e. The fourth-order valence-corrected chi connectivity index (χ4v) is 1.96. The van der Waals surface area contributed by atoms with E-state index in [9.17, 15) is 22.0 Å². The molecule has 100 valence electrons.